The zero-order valence-corrected chi connectivity index (χ0v) is 15.1. The van der Waals surface area contributed by atoms with Crippen LogP contribution in [-0.4, -0.2) is 46.8 Å². The molecule has 0 saturated carbocycles. The van der Waals surface area contributed by atoms with Gasteiger partial charge >= 0.3 is 0 Å². The van der Waals surface area contributed by atoms with Crippen LogP contribution in [0.25, 0.3) is 0 Å². The van der Waals surface area contributed by atoms with Crippen LogP contribution < -0.4 is 0 Å². The Labute approximate surface area is 159 Å². The fourth-order valence-electron chi connectivity index (χ4n) is 3.70. The van der Waals surface area contributed by atoms with Crippen LogP contribution in [0.1, 0.15) is 33.8 Å². The summed E-state index contributed by atoms with van der Waals surface area (Å²) >= 11 is 0. The van der Waals surface area contributed by atoms with Crippen molar-refractivity contribution < 1.29 is 9.53 Å². The maximum atomic E-state index is 12.6. The molecule has 27 heavy (non-hydrogen) atoms. The van der Waals surface area contributed by atoms with E-state index in [-0.39, 0.29) is 17.9 Å². The molecule has 0 spiro atoms. The molecule has 5 heteroatoms. The summed E-state index contributed by atoms with van der Waals surface area (Å²) < 4.78 is 6.03. The van der Waals surface area contributed by atoms with Gasteiger partial charge in [-0.3, -0.25) is 9.89 Å². The number of hydrogen-bond acceptors (Lipinski definition) is 3. The molecule has 138 valence electrons. The van der Waals surface area contributed by atoms with Crippen molar-refractivity contribution in [2.75, 3.05) is 19.7 Å². The van der Waals surface area contributed by atoms with Gasteiger partial charge in [-0.1, -0.05) is 60.7 Å². The molecule has 3 aromatic rings. The average Bonchev–Trinajstić information content (AvgIpc) is 3.28. The van der Waals surface area contributed by atoms with E-state index in [9.17, 15) is 4.79 Å². The Kier molecular flexibility index (Phi) is 5.30. The summed E-state index contributed by atoms with van der Waals surface area (Å²) in [4.78, 5) is 14.5. The highest BCUT2D eigenvalue weighted by Crippen LogP contribution is 2.31. The van der Waals surface area contributed by atoms with Crippen LogP contribution in [0.4, 0.5) is 0 Å². The van der Waals surface area contributed by atoms with Gasteiger partial charge in [0.15, 0.2) is 0 Å². The van der Waals surface area contributed by atoms with E-state index in [2.05, 4.69) is 58.7 Å². The number of rotatable bonds is 5. The van der Waals surface area contributed by atoms with Gasteiger partial charge in [0.1, 0.15) is 0 Å². The van der Waals surface area contributed by atoms with Crippen LogP contribution in [0.3, 0.4) is 0 Å². The highest BCUT2D eigenvalue weighted by molar-refractivity contribution is 5.93. The maximum Gasteiger partial charge on any atom is 0.257 e. The first kappa shape index (κ1) is 17.5. The fourth-order valence-corrected chi connectivity index (χ4v) is 3.70. The van der Waals surface area contributed by atoms with Gasteiger partial charge in [0.25, 0.3) is 5.91 Å². The molecule has 1 aromatic heterocycles. The largest absolute Gasteiger partial charge is 0.375 e. The highest BCUT2D eigenvalue weighted by atomic mass is 16.5. The second kappa shape index (κ2) is 8.18. The molecule has 0 bridgehead atoms. The third-order valence-corrected chi connectivity index (χ3v) is 5.07. The average molecular weight is 361 g/mol. The number of amides is 1. The van der Waals surface area contributed by atoms with E-state index < -0.39 is 0 Å². The molecular weight excluding hydrogens is 338 g/mol. The molecule has 1 amide bonds. The van der Waals surface area contributed by atoms with Crippen LogP contribution in [-0.2, 0) is 4.74 Å². The molecule has 1 aliphatic rings. The van der Waals surface area contributed by atoms with Gasteiger partial charge in [-0.05, 0) is 17.5 Å². The van der Waals surface area contributed by atoms with E-state index in [1.807, 2.05) is 17.0 Å². The second-order valence-corrected chi connectivity index (χ2v) is 6.84. The van der Waals surface area contributed by atoms with Crippen molar-refractivity contribution in [3.63, 3.8) is 0 Å². The van der Waals surface area contributed by atoms with E-state index in [0.717, 1.165) is 6.42 Å². The molecule has 0 aliphatic carbocycles. The Morgan fingerprint density at radius 3 is 2.37 bits per heavy atom. The van der Waals surface area contributed by atoms with Crippen molar-refractivity contribution in [2.24, 2.45) is 0 Å². The Hall–Kier alpha value is -2.92. The molecule has 2 aromatic carbocycles. The van der Waals surface area contributed by atoms with Crippen molar-refractivity contribution >= 4 is 5.91 Å². The number of carbonyl (C=O) groups is 1. The summed E-state index contributed by atoms with van der Waals surface area (Å²) in [5, 5.41) is 6.59. The van der Waals surface area contributed by atoms with Crippen LogP contribution in [0.2, 0.25) is 0 Å². The Bertz CT molecular complexity index is 810. The summed E-state index contributed by atoms with van der Waals surface area (Å²) in [7, 11) is 0. The third-order valence-electron chi connectivity index (χ3n) is 5.07. The molecule has 1 fully saturated rings. The van der Waals surface area contributed by atoms with Gasteiger partial charge in [-0.15, -0.1) is 0 Å². The molecular formula is C22H23N3O2. The quantitative estimate of drug-likeness (QED) is 0.757. The Morgan fingerprint density at radius 2 is 1.78 bits per heavy atom. The standard InChI is InChI=1S/C22H23N3O2/c26-22(19-14-23-24-15-19)25-11-12-27-20(16-25)13-21(17-7-3-1-4-8-17)18-9-5-2-6-10-18/h1-10,14-15,20-21H,11-13,16H2,(H,23,24)/t20-/m1/s1. The normalized spacial score (nSPS) is 17.2. The number of nitrogens with zero attached hydrogens (tertiary/aromatic N) is 2. The molecule has 2 heterocycles. The lowest BCUT2D eigenvalue weighted by molar-refractivity contribution is -0.0264. The number of morpholine rings is 1. The van der Waals surface area contributed by atoms with Crippen LogP contribution in [0, 0.1) is 0 Å². The zero-order chi connectivity index (χ0) is 18.5. The van der Waals surface area contributed by atoms with Gasteiger partial charge in [0, 0.05) is 25.2 Å². The number of benzene rings is 2. The number of ether oxygens (including phenoxy) is 1. The first-order valence-electron chi connectivity index (χ1n) is 9.31. The van der Waals surface area contributed by atoms with Crippen molar-refractivity contribution in [1.82, 2.24) is 15.1 Å². The van der Waals surface area contributed by atoms with Gasteiger partial charge < -0.3 is 9.64 Å². The number of carbonyl (C=O) groups excluding carboxylic acids is 1. The second-order valence-electron chi connectivity index (χ2n) is 6.84. The summed E-state index contributed by atoms with van der Waals surface area (Å²) in [6.07, 6.45) is 4.05. The minimum atomic E-state index is 0.0000123. The molecule has 4 rings (SSSR count). The molecule has 1 N–H and O–H groups in total. The number of nitrogens with one attached hydrogen (secondary N) is 1. The number of H-pyrrole nitrogens is 1. The molecule has 1 saturated heterocycles. The van der Waals surface area contributed by atoms with Gasteiger partial charge in [0.05, 0.1) is 24.5 Å². The van der Waals surface area contributed by atoms with Crippen molar-refractivity contribution in [1.29, 1.82) is 0 Å². The Morgan fingerprint density at radius 1 is 1.11 bits per heavy atom. The predicted molar refractivity (Wildman–Crippen MR) is 104 cm³/mol. The van der Waals surface area contributed by atoms with E-state index in [1.165, 1.54) is 11.1 Å². The summed E-state index contributed by atoms with van der Waals surface area (Å²) in [6.45, 7) is 1.77. The maximum absolute atomic E-state index is 12.6. The van der Waals surface area contributed by atoms with Gasteiger partial charge in [-0.25, -0.2) is 0 Å². The molecule has 1 atom stereocenters. The smallest absolute Gasteiger partial charge is 0.257 e. The van der Waals surface area contributed by atoms with E-state index in [0.29, 0.717) is 25.3 Å². The molecule has 0 radical (unpaired) electrons. The fraction of sp³-hybridized carbons (Fsp3) is 0.273. The lowest BCUT2D eigenvalue weighted by atomic mass is 9.86. The number of aromatic amines is 1. The lowest BCUT2D eigenvalue weighted by Gasteiger charge is -2.34. The number of aromatic nitrogens is 2. The van der Waals surface area contributed by atoms with Crippen molar-refractivity contribution in [3.8, 4) is 0 Å². The van der Waals surface area contributed by atoms with Crippen molar-refractivity contribution in [3.05, 3.63) is 89.7 Å². The van der Waals surface area contributed by atoms with Gasteiger partial charge in [0.2, 0.25) is 0 Å². The topological polar surface area (TPSA) is 58.2 Å². The first-order chi connectivity index (χ1) is 13.3. The summed E-state index contributed by atoms with van der Waals surface area (Å²) in [6, 6.07) is 21.0. The van der Waals surface area contributed by atoms with E-state index in [1.54, 1.807) is 12.4 Å². The third kappa shape index (κ3) is 4.09. The molecule has 1 aliphatic heterocycles. The minimum Gasteiger partial charge on any atom is -0.375 e. The van der Waals surface area contributed by atoms with Crippen LogP contribution in [0.15, 0.2) is 73.1 Å². The van der Waals surface area contributed by atoms with Crippen LogP contribution in [0.5, 0.6) is 0 Å². The molecule has 0 unspecified atom stereocenters. The zero-order valence-electron chi connectivity index (χ0n) is 15.1. The Balaban J connectivity index is 1.52. The van der Waals surface area contributed by atoms with Crippen molar-refractivity contribution in [2.45, 2.75) is 18.4 Å². The first-order valence-corrected chi connectivity index (χ1v) is 9.31. The summed E-state index contributed by atoms with van der Waals surface area (Å²) in [5.74, 6) is 0.245. The van der Waals surface area contributed by atoms with E-state index >= 15 is 0 Å². The minimum absolute atomic E-state index is 0.0000123. The van der Waals surface area contributed by atoms with Crippen LogP contribution >= 0.6 is 0 Å². The van der Waals surface area contributed by atoms with Gasteiger partial charge in [-0.2, -0.15) is 5.10 Å². The number of hydrogen-bond donors (Lipinski definition) is 1. The molecule has 5 nitrogen and oxygen atoms in total. The monoisotopic (exact) mass is 361 g/mol. The van der Waals surface area contributed by atoms with E-state index in [4.69, 9.17) is 4.74 Å². The SMILES string of the molecule is O=C(c1cn[nH]c1)N1CCO[C@H](CC(c2ccccc2)c2ccccc2)C1. The highest BCUT2D eigenvalue weighted by Gasteiger charge is 2.28. The lowest BCUT2D eigenvalue weighted by Crippen LogP contribution is -2.46. The summed E-state index contributed by atoms with van der Waals surface area (Å²) in [5.41, 5.74) is 3.13. The predicted octanol–water partition coefficient (Wildman–Crippen LogP) is 3.47.